The molecule has 0 aromatic heterocycles. The smallest absolute Gasteiger partial charge is 0.309 e. The van der Waals surface area contributed by atoms with E-state index in [2.05, 4.69) is 6.92 Å². The molecule has 0 aromatic carbocycles. The Bertz CT molecular complexity index is 178. The van der Waals surface area contributed by atoms with E-state index in [0.717, 1.165) is 6.42 Å². The van der Waals surface area contributed by atoms with E-state index in [1.54, 1.807) is 0 Å². The largest absolute Gasteiger partial charge is 0.327 e. The number of unbranched alkanes of at least 4 members (excludes halogenated alkanes) is 3. The Morgan fingerprint density at radius 1 is 0.867 bits per heavy atom. The molecule has 5 heteroatoms. The van der Waals surface area contributed by atoms with E-state index >= 15 is 0 Å². The van der Waals surface area contributed by atoms with Gasteiger partial charge < -0.3 is 13.6 Å². The first kappa shape index (κ1) is 15.5. The first-order valence-electron chi connectivity index (χ1n) is 5.72. The van der Waals surface area contributed by atoms with Crippen molar-refractivity contribution < 1.29 is 13.6 Å². The molecule has 92 valence electrons. The van der Waals surface area contributed by atoms with Gasteiger partial charge in [0.05, 0.1) is 19.8 Å². The molecule has 0 unspecified atom stereocenters. The number of rotatable bonds is 10. The molecule has 0 heterocycles. The Kier molecular flexibility index (Phi) is 10.1. The molecule has 0 aliphatic carbocycles. The maximum absolute atomic E-state index is 5.54. The van der Waals surface area contributed by atoms with Crippen molar-refractivity contribution in [2.45, 2.75) is 46.5 Å². The SMILES string of the molecule is CCCCCCOP(=S)(OCC)OCC. The van der Waals surface area contributed by atoms with E-state index in [-0.39, 0.29) is 0 Å². The lowest BCUT2D eigenvalue weighted by Crippen LogP contribution is -2.01. The Morgan fingerprint density at radius 3 is 1.93 bits per heavy atom. The molecular weight excluding hydrogens is 231 g/mol. The minimum Gasteiger partial charge on any atom is -0.309 e. The van der Waals surface area contributed by atoms with Gasteiger partial charge in [-0.3, -0.25) is 0 Å². The van der Waals surface area contributed by atoms with Crippen LogP contribution in [0.1, 0.15) is 46.5 Å². The van der Waals surface area contributed by atoms with Crippen LogP contribution in [0.2, 0.25) is 0 Å². The molecule has 0 saturated heterocycles. The Balaban J connectivity index is 3.71. The standard InChI is InChI=1S/C10H23O3PS/c1-4-7-8-9-10-13-14(15,11-5-2)12-6-3/h4-10H2,1-3H3. The third kappa shape index (κ3) is 8.35. The van der Waals surface area contributed by atoms with Gasteiger partial charge in [0.15, 0.2) is 0 Å². The van der Waals surface area contributed by atoms with Crippen LogP contribution in [-0.4, -0.2) is 19.8 Å². The molecule has 0 atom stereocenters. The summed E-state index contributed by atoms with van der Waals surface area (Å²) >= 11 is 5.22. The molecule has 15 heavy (non-hydrogen) atoms. The molecule has 0 bridgehead atoms. The summed E-state index contributed by atoms with van der Waals surface area (Å²) in [5.41, 5.74) is 0. The molecule has 0 radical (unpaired) electrons. The minimum atomic E-state index is -2.43. The van der Waals surface area contributed by atoms with E-state index in [0.29, 0.717) is 19.8 Å². The van der Waals surface area contributed by atoms with Crippen molar-refractivity contribution in [3.63, 3.8) is 0 Å². The molecule has 0 aliphatic heterocycles. The second-order valence-electron chi connectivity index (χ2n) is 3.18. The molecule has 0 amide bonds. The maximum Gasteiger partial charge on any atom is 0.327 e. The fraction of sp³-hybridized carbons (Fsp3) is 1.00. The van der Waals surface area contributed by atoms with Gasteiger partial charge >= 0.3 is 6.72 Å². The minimum absolute atomic E-state index is 0.548. The molecule has 0 fully saturated rings. The highest BCUT2D eigenvalue weighted by Gasteiger charge is 2.18. The zero-order chi connectivity index (χ0) is 11.6. The first-order chi connectivity index (χ1) is 7.18. The summed E-state index contributed by atoms with van der Waals surface area (Å²) in [6, 6.07) is 0. The number of hydrogen-bond acceptors (Lipinski definition) is 4. The molecule has 0 rings (SSSR count). The third-order valence-electron chi connectivity index (χ3n) is 1.82. The summed E-state index contributed by atoms with van der Waals surface area (Å²) in [6.45, 7) is 5.30. The predicted molar refractivity (Wildman–Crippen MR) is 67.6 cm³/mol. The maximum atomic E-state index is 5.54. The van der Waals surface area contributed by atoms with Gasteiger partial charge in [-0.2, -0.15) is 0 Å². The average Bonchev–Trinajstić information content (AvgIpc) is 2.18. The molecule has 0 aromatic rings. The van der Waals surface area contributed by atoms with Crippen molar-refractivity contribution >= 4 is 18.5 Å². The Labute approximate surface area is 98.7 Å². The lowest BCUT2D eigenvalue weighted by molar-refractivity contribution is 0.165. The predicted octanol–water partition coefficient (Wildman–Crippen LogP) is 3.88. The van der Waals surface area contributed by atoms with Crippen LogP contribution in [0, 0.1) is 0 Å². The molecule has 0 spiro atoms. The van der Waals surface area contributed by atoms with Crippen molar-refractivity contribution in [2.24, 2.45) is 0 Å². The molecule has 0 N–H and O–H groups in total. The highest BCUT2D eigenvalue weighted by Crippen LogP contribution is 2.49. The summed E-state index contributed by atoms with van der Waals surface area (Å²) in [5.74, 6) is 0. The van der Waals surface area contributed by atoms with E-state index in [4.69, 9.17) is 25.4 Å². The van der Waals surface area contributed by atoms with Gasteiger partial charge in [-0.05, 0) is 32.1 Å². The van der Waals surface area contributed by atoms with Crippen molar-refractivity contribution in [3.05, 3.63) is 0 Å². The zero-order valence-electron chi connectivity index (χ0n) is 10.0. The van der Waals surface area contributed by atoms with Crippen LogP contribution in [0.4, 0.5) is 0 Å². The van der Waals surface area contributed by atoms with Crippen LogP contribution in [-0.2, 0) is 25.4 Å². The topological polar surface area (TPSA) is 27.7 Å². The summed E-state index contributed by atoms with van der Waals surface area (Å²) in [7, 11) is 0. The normalized spacial score (nSPS) is 11.9. The fourth-order valence-corrected chi connectivity index (χ4v) is 3.20. The summed E-state index contributed by atoms with van der Waals surface area (Å²) in [5, 5.41) is 0. The van der Waals surface area contributed by atoms with Crippen LogP contribution < -0.4 is 0 Å². The van der Waals surface area contributed by atoms with E-state index < -0.39 is 6.72 Å². The highest BCUT2D eigenvalue weighted by molar-refractivity contribution is 8.07. The van der Waals surface area contributed by atoms with Crippen LogP contribution in [0.3, 0.4) is 0 Å². The van der Waals surface area contributed by atoms with Crippen LogP contribution in [0.25, 0.3) is 0 Å². The second kappa shape index (κ2) is 9.73. The first-order valence-corrected chi connectivity index (χ1v) is 8.27. The van der Waals surface area contributed by atoms with E-state index in [9.17, 15) is 0 Å². The molecular formula is C10H23O3PS. The van der Waals surface area contributed by atoms with Gasteiger partial charge in [0.25, 0.3) is 0 Å². The summed E-state index contributed by atoms with van der Waals surface area (Å²) in [6.07, 6.45) is 4.69. The third-order valence-corrected chi connectivity index (χ3v) is 4.42. The van der Waals surface area contributed by atoms with Crippen LogP contribution in [0.15, 0.2) is 0 Å². The summed E-state index contributed by atoms with van der Waals surface area (Å²) < 4.78 is 16.3. The monoisotopic (exact) mass is 254 g/mol. The molecule has 0 saturated carbocycles. The highest BCUT2D eigenvalue weighted by atomic mass is 32.5. The van der Waals surface area contributed by atoms with E-state index in [1.807, 2.05) is 13.8 Å². The Morgan fingerprint density at radius 2 is 1.47 bits per heavy atom. The van der Waals surface area contributed by atoms with E-state index in [1.165, 1.54) is 19.3 Å². The van der Waals surface area contributed by atoms with Crippen LogP contribution in [0.5, 0.6) is 0 Å². The van der Waals surface area contributed by atoms with Gasteiger partial charge in [-0.1, -0.05) is 26.2 Å². The fourth-order valence-electron chi connectivity index (χ4n) is 1.13. The quantitative estimate of drug-likeness (QED) is 0.437. The van der Waals surface area contributed by atoms with Crippen LogP contribution >= 0.6 is 6.72 Å². The zero-order valence-corrected chi connectivity index (χ0v) is 11.7. The second-order valence-corrected chi connectivity index (χ2v) is 6.19. The Hall–Kier alpha value is 0.530. The number of hydrogen-bond donors (Lipinski definition) is 0. The van der Waals surface area contributed by atoms with Gasteiger partial charge in [0, 0.05) is 0 Å². The van der Waals surface area contributed by atoms with Crippen molar-refractivity contribution in [2.75, 3.05) is 19.8 Å². The van der Waals surface area contributed by atoms with Gasteiger partial charge in [-0.15, -0.1) is 0 Å². The van der Waals surface area contributed by atoms with Crippen molar-refractivity contribution in [1.82, 2.24) is 0 Å². The molecule has 0 aliphatic rings. The summed E-state index contributed by atoms with van der Waals surface area (Å²) in [4.78, 5) is 0. The van der Waals surface area contributed by atoms with Gasteiger partial charge in [0.2, 0.25) is 0 Å². The van der Waals surface area contributed by atoms with Gasteiger partial charge in [0.1, 0.15) is 0 Å². The molecule has 3 nitrogen and oxygen atoms in total. The lowest BCUT2D eigenvalue weighted by atomic mass is 10.2. The lowest BCUT2D eigenvalue weighted by Gasteiger charge is -2.20. The van der Waals surface area contributed by atoms with Crippen molar-refractivity contribution in [3.8, 4) is 0 Å². The van der Waals surface area contributed by atoms with Crippen molar-refractivity contribution in [1.29, 1.82) is 0 Å². The van der Waals surface area contributed by atoms with Gasteiger partial charge in [-0.25, -0.2) is 0 Å². The average molecular weight is 254 g/mol.